The van der Waals surface area contributed by atoms with E-state index < -0.39 is 0 Å². The Balaban J connectivity index is 1.67. The number of hydrogen-bond donors (Lipinski definition) is 0. The van der Waals surface area contributed by atoms with Gasteiger partial charge in [0.05, 0.1) is 22.7 Å². The van der Waals surface area contributed by atoms with Gasteiger partial charge in [0.1, 0.15) is 5.76 Å². The van der Waals surface area contributed by atoms with Crippen molar-refractivity contribution in [3.8, 4) is 0 Å². The summed E-state index contributed by atoms with van der Waals surface area (Å²) < 4.78 is 6.35. The van der Waals surface area contributed by atoms with E-state index in [1.54, 1.807) is 18.5 Å². The Bertz CT molecular complexity index is 846. The molecule has 0 saturated heterocycles. The predicted octanol–water partition coefficient (Wildman–Crippen LogP) is 4.84. The Kier molecular flexibility index (Phi) is 4.61. The fraction of sp³-hybridized carbons (Fsp3) is 0.316. The van der Waals surface area contributed by atoms with E-state index in [9.17, 15) is 4.79 Å². The molecule has 0 N–H and O–H groups in total. The van der Waals surface area contributed by atoms with Crippen LogP contribution in [0, 0.1) is 5.92 Å². The van der Waals surface area contributed by atoms with Crippen LogP contribution in [-0.2, 0) is 4.79 Å². The topological polar surface area (TPSA) is 58.7 Å². The van der Waals surface area contributed by atoms with Crippen LogP contribution < -0.4 is 5.01 Å². The number of nitrogens with zero attached hydrogens (tertiary/aromatic N) is 3. The molecule has 0 spiro atoms. The lowest BCUT2D eigenvalue weighted by atomic mass is 9.88. The zero-order chi connectivity index (χ0) is 17.1. The Labute approximate surface area is 150 Å². The van der Waals surface area contributed by atoms with E-state index >= 15 is 0 Å². The van der Waals surface area contributed by atoms with Crippen molar-refractivity contribution in [1.82, 2.24) is 4.98 Å². The molecule has 2 aromatic heterocycles. The molecule has 1 aliphatic carbocycles. The molecule has 0 aliphatic heterocycles. The average molecular weight is 353 g/mol. The minimum atomic E-state index is 0.0227. The molecule has 1 aromatic carbocycles. The number of carbonyl (C=O) groups is 1. The number of furan rings is 1. The lowest BCUT2D eigenvalue weighted by molar-refractivity contribution is -0.123. The van der Waals surface area contributed by atoms with E-state index in [0.29, 0.717) is 10.9 Å². The molecule has 6 heteroatoms. The average Bonchev–Trinajstić information content (AvgIpc) is 3.32. The second kappa shape index (κ2) is 7.19. The SMILES string of the molecule is O=C(C1CCCCC1)N(/N=C/c1ccco1)c1nc2ccccc2s1. The summed E-state index contributed by atoms with van der Waals surface area (Å²) in [5, 5.41) is 6.49. The number of benzene rings is 1. The summed E-state index contributed by atoms with van der Waals surface area (Å²) in [7, 11) is 0. The Morgan fingerprint density at radius 2 is 2.04 bits per heavy atom. The molecule has 128 valence electrons. The molecular weight excluding hydrogens is 334 g/mol. The maximum absolute atomic E-state index is 13.1. The van der Waals surface area contributed by atoms with Gasteiger partial charge in [-0.1, -0.05) is 42.7 Å². The monoisotopic (exact) mass is 353 g/mol. The number of anilines is 1. The van der Waals surface area contributed by atoms with Crippen LogP contribution in [0.2, 0.25) is 0 Å². The number of carbonyl (C=O) groups excluding carboxylic acids is 1. The first-order chi connectivity index (χ1) is 12.3. The summed E-state index contributed by atoms with van der Waals surface area (Å²) >= 11 is 1.48. The van der Waals surface area contributed by atoms with Crippen LogP contribution in [0.1, 0.15) is 37.9 Å². The van der Waals surface area contributed by atoms with Gasteiger partial charge in [0, 0.05) is 5.92 Å². The van der Waals surface area contributed by atoms with Crippen LogP contribution in [0.5, 0.6) is 0 Å². The molecule has 1 aliphatic rings. The van der Waals surface area contributed by atoms with Crippen LogP contribution in [0.3, 0.4) is 0 Å². The highest BCUT2D eigenvalue weighted by atomic mass is 32.1. The Morgan fingerprint density at radius 1 is 1.20 bits per heavy atom. The number of rotatable bonds is 4. The summed E-state index contributed by atoms with van der Waals surface area (Å²) in [6, 6.07) is 11.5. The summed E-state index contributed by atoms with van der Waals surface area (Å²) in [5.74, 6) is 0.665. The van der Waals surface area contributed by atoms with E-state index in [2.05, 4.69) is 10.1 Å². The molecule has 1 saturated carbocycles. The minimum absolute atomic E-state index is 0.0227. The quantitative estimate of drug-likeness (QED) is 0.498. The number of hydrogen-bond acceptors (Lipinski definition) is 5. The van der Waals surface area contributed by atoms with Crippen molar-refractivity contribution in [1.29, 1.82) is 0 Å². The van der Waals surface area contributed by atoms with E-state index in [4.69, 9.17) is 4.42 Å². The Morgan fingerprint density at radius 3 is 2.80 bits per heavy atom. The second-order valence-electron chi connectivity index (χ2n) is 6.21. The van der Waals surface area contributed by atoms with Crippen molar-refractivity contribution in [2.45, 2.75) is 32.1 Å². The highest BCUT2D eigenvalue weighted by Crippen LogP contribution is 2.32. The first-order valence-electron chi connectivity index (χ1n) is 8.58. The number of thiazole rings is 1. The molecule has 1 amide bonds. The van der Waals surface area contributed by atoms with Crippen molar-refractivity contribution in [3.05, 3.63) is 48.4 Å². The van der Waals surface area contributed by atoms with Gasteiger partial charge >= 0.3 is 0 Å². The zero-order valence-corrected chi connectivity index (χ0v) is 14.6. The van der Waals surface area contributed by atoms with Gasteiger partial charge < -0.3 is 4.42 Å². The number of aromatic nitrogens is 1. The van der Waals surface area contributed by atoms with Gasteiger partial charge in [0.15, 0.2) is 0 Å². The molecule has 2 heterocycles. The lowest BCUT2D eigenvalue weighted by Crippen LogP contribution is -2.33. The van der Waals surface area contributed by atoms with Crippen LogP contribution in [0.4, 0.5) is 5.13 Å². The third kappa shape index (κ3) is 3.49. The molecule has 0 unspecified atom stereocenters. The normalized spacial score (nSPS) is 15.8. The minimum Gasteiger partial charge on any atom is -0.463 e. The van der Waals surface area contributed by atoms with E-state index in [1.165, 1.54) is 22.8 Å². The van der Waals surface area contributed by atoms with Gasteiger partial charge in [0.25, 0.3) is 5.91 Å². The van der Waals surface area contributed by atoms with Crippen molar-refractivity contribution in [2.24, 2.45) is 11.0 Å². The third-order valence-corrected chi connectivity index (χ3v) is 5.48. The molecule has 5 nitrogen and oxygen atoms in total. The molecular formula is C19H19N3O2S. The van der Waals surface area contributed by atoms with Gasteiger partial charge in [0.2, 0.25) is 5.13 Å². The highest BCUT2D eigenvalue weighted by Gasteiger charge is 2.28. The number of fused-ring (bicyclic) bond motifs is 1. The summed E-state index contributed by atoms with van der Waals surface area (Å²) in [6.07, 6.45) is 8.44. The molecule has 25 heavy (non-hydrogen) atoms. The van der Waals surface area contributed by atoms with Crippen LogP contribution >= 0.6 is 11.3 Å². The van der Waals surface area contributed by atoms with Crippen molar-refractivity contribution in [2.75, 3.05) is 5.01 Å². The molecule has 0 atom stereocenters. The Hall–Kier alpha value is -2.47. The van der Waals surface area contributed by atoms with Crippen molar-refractivity contribution >= 4 is 38.8 Å². The summed E-state index contributed by atoms with van der Waals surface area (Å²) in [6.45, 7) is 0. The van der Waals surface area contributed by atoms with E-state index in [-0.39, 0.29) is 11.8 Å². The number of amides is 1. The van der Waals surface area contributed by atoms with Crippen LogP contribution in [0.25, 0.3) is 10.2 Å². The van der Waals surface area contributed by atoms with Crippen molar-refractivity contribution < 1.29 is 9.21 Å². The van der Waals surface area contributed by atoms with Gasteiger partial charge in [-0.05, 0) is 37.1 Å². The largest absolute Gasteiger partial charge is 0.463 e. The summed E-state index contributed by atoms with van der Waals surface area (Å²) in [4.78, 5) is 17.7. The third-order valence-electron chi connectivity index (χ3n) is 4.47. The van der Waals surface area contributed by atoms with Gasteiger partial charge in [-0.2, -0.15) is 10.1 Å². The molecule has 1 fully saturated rings. The zero-order valence-electron chi connectivity index (χ0n) is 13.8. The van der Waals surface area contributed by atoms with Crippen molar-refractivity contribution in [3.63, 3.8) is 0 Å². The lowest BCUT2D eigenvalue weighted by Gasteiger charge is -2.24. The van der Waals surface area contributed by atoms with E-state index in [0.717, 1.165) is 35.9 Å². The number of para-hydroxylation sites is 1. The maximum atomic E-state index is 13.1. The van der Waals surface area contributed by atoms with Crippen LogP contribution in [0.15, 0.2) is 52.2 Å². The molecule has 3 aromatic rings. The molecule has 4 rings (SSSR count). The van der Waals surface area contributed by atoms with Gasteiger partial charge in [-0.25, -0.2) is 4.98 Å². The fourth-order valence-electron chi connectivity index (χ4n) is 3.15. The van der Waals surface area contributed by atoms with Gasteiger partial charge in [-0.3, -0.25) is 4.79 Å². The standard InChI is InChI=1S/C19H19N3O2S/c23-18(14-7-2-1-3-8-14)22(20-13-15-9-6-12-24-15)19-21-16-10-4-5-11-17(16)25-19/h4-6,9-14H,1-3,7-8H2/b20-13+. The molecule has 0 bridgehead atoms. The molecule has 0 radical (unpaired) electrons. The maximum Gasteiger partial charge on any atom is 0.252 e. The summed E-state index contributed by atoms with van der Waals surface area (Å²) in [5.41, 5.74) is 0.886. The number of hydrazone groups is 1. The first kappa shape index (κ1) is 16.0. The predicted molar refractivity (Wildman–Crippen MR) is 100.0 cm³/mol. The second-order valence-corrected chi connectivity index (χ2v) is 7.22. The van der Waals surface area contributed by atoms with Crippen LogP contribution in [-0.4, -0.2) is 17.1 Å². The smallest absolute Gasteiger partial charge is 0.252 e. The highest BCUT2D eigenvalue weighted by molar-refractivity contribution is 7.22. The van der Waals surface area contributed by atoms with Gasteiger partial charge in [-0.15, -0.1) is 0 Å². The van der Waals surface area contributed by atoms with E-state index in [1.807, 2.05) is 30.3 Å². The fourth-order valence-corrected chi connectivity index (χ4v) is 4.08. The first-order valence-corrected chi connectivity index (χ1v) is 9.40.